The van der Waals surface area contributed by atoms with Gasteiger partial charge in [-0.05, 0) is 31.6 Å². The Labute approximate surface area is 187 Å². The molecule has 0 radical (unpaired) electrons. The first-order valence-electron chi connectivity index (χ1n) is 10.6. The van der Waals surface area contributed by atoms with Gasteiger partial charge in [-0.1, -0.05) is 37.6 Å². The average molecular weight is 443 g/mol. The van der Waals surface area contributed by atoms with Crippen LogP contribution in [-0.4, -0.2) is 69.3 Å². The maximum Gasteiger partial charge on any atom is 0.320 e. The number of nitrogen functional groups attached to an aromatic ring is 1. The van der Waals surface area contributed by atoms with Crippen molar-refractivity contribution in [3.63, 3.8) is 0 Å². The average Bonchev–Trinajstić information content (AvgIpc) is 3.05. The molecule has 0 spiro atoms. The van der Waals surface area contributed by atoms with Gasteiger partial charge in [-0.25, -0.2) is 0 Å². The Hall–Kier alpha value is -3.40. The first kappa shape index (κ1) is 23.3. The van der Waals surface area contributed by atoms with Crippen LogP contribution in [0.15, 0.2) is 24.3 Å². The quantitative estimate of drug-likeness (QED) is 0.338. The number of anilines is 1. The van der Waals surface area contributed by atoms with Crippen molar-refractivity contribution in [2.75, 3.05) is 39.6 Å². The molecule has 0 amide bonds. The molecule has 0 aliphatic carbocycles. The van der Waals surface area contributed by atoms with Gasteiger partial charge in [0.2, 0.25) is 0 Å². The van der Waals surface area contributed by atoms with Gasteiger partial charge in [0.1, 0.15) is 6.61 Å². The number of carbonyl (C=O) groups excluding carboxylic acids is 1. The van der Waals surface area contributed by atoms with Gasteiger partial charge in [0.25, 0.3) is 6.01 Å². The molecular formula is C22H30N6O4. The van der Waals surface area contributed by atoms with Crippen LogP contribution in [0.3, 0.4) is 0 Å². The van der Waals surface area contributed by atoms with Crippen LogP contribution in [-0.2, 0) is 22.5 Å². The lowest BCUT2D eigenvalue weighted by Gasteiger charge is -2.10. The zero-order valence-electron chi connectivity index (χ0n) is 18.7. The Morgan fingerprint density at radius 1 is 1.12 bits per heavy atom. The fourth-order valence-electron chi connectivity index (χ4n) is 3.01. The highest BCUT2D eigenvalue weighted by atomic mass is 16.5. The molecule has 0 bridgehead atoms. The van der Waals surface area contributed by atoms with Gasteiger partial charge in [0.15, 0.2) is 17.0 Å². The third kappa shape index (κ3) is 6.07. The molecule has 0 aliphatic rings. The number of ether oxygens (including phenoxy) is 2. The Kier molecular flexibility index (Phi) is 7.82. The van der Waals surface area contributed by atoms with E-state index < -0.39 is 0 Å². The molecule has 0 fully saturated rings. The lowest BCUT2D eigenvalue weighted by molar-refractivity contribution is -0.143. The summed E-state index contributed by atoms with van der Waals surface area (Å²) in [6, 6.07) is 7.45. The van der Waals surface area contributed by atoms with Crippen LogP contribution in [0.2, 0.25) is 0 Å². The predicted molar refractivity (Wildman–Crippen MR) is 121 cm³/mol. The number of esters is 1. The van der Waals surface area contributed by atoms with Crippen molar-refractivity contribution in [3.05, 3.63) is 35.4 Å². The van der Waals surface area contributed by atoms with Gasteiger partial charge >= 0.3 is 12.0 Å². The second-order valence-electron chi connectivity index (χ2n) is 7.78. The standard InChI is InChI=1S/C22H30N6O4/c1-4-5-11-32-21-25-19(23)18-20(26-21)28(22(30)24-18)14-16-8-6-15(7-9-16)13-17(29)31-12-10-27(2)3/h6-9H,4-5,10-14H2,1-3H3,(H,24,30)(H2,23,25,26). The maximum absolute atomic E-state index is 12.0. The highest BCUT2D eigenvalue weighted by molar-refractivity contribution is 5.83. The van der Waals surface area contributed by atoms with Crippen LogP contribution in [0, 0.1) is 0 Å². The van der Waals surface area contributed by atoms with Crippen LogP contribution < -0.4 is 10.5 Å². The second kappa shape index (κ2) is 10.8. The highest BCUT2D eigenvalue weighted by Gasteiger charge is 2.17. The van der Waals surface area contributed by atoms with Crippen molar-refractivity contribution in [3.8, 4) is 12.0 Å². The topological polar surface area (TPSA) is 129 Å². The van der Waals surface area contributed by atoms with E-state index in [1.807, 2.05) is 43.3 Å². The lowest BCUT2D eigenvalue weighted by atomic mass is 10.1. The van der Waals surface area contributed by atoms with Gasteiger partial charge in [0, 0.05) is 6.54 Å². The number of rotatable bonds is 11. The van der Waals surface area contributed by atoms with Gasteiger partial charge in [-0.2, -0.15) is 15.0 Å². The number of carbonyl (C=O) groups is 1. The van der Waals surface area contributed by atoms with E-state index in [-0.39, 0.29) is 30.2 Å². The van der Waals surface area contributed by atoms with E-state index in [4.69, 9.17) is 15.2 Å². The van der Waals surface area contributed by atoms with Gasteiger partial charge in [-0.3, -0.25) is 9.36 Å². The first-order valence-corrected chi connectivity index (χ1v) is 10.6. The summed E-state index contributed by atoms with van der Waals surface area (Å²) in [5.41, 5.74) is 8.46. The van der Waals surface area contributed by atoms with Crippen molar-refractivity contribution in [1.29, 1.82) is 0 Å². The first-order chi connectivity index (χ1) is 15.4. The van der Waals surface area contributed by atoms with Crippen molar-refractivity contribution in [2.24, 2.45) is 0 Å². The van der Waals surface area contributed by atoms with Gasteiger partial charge in [0.05, 0.1) is 19.6 Å². The smallest absolute Gasteiger partial charge is 0.320 e. The second-order valence-corrected chi connectivity index (χ2v) is 7.78. The lowest BCUT2D eigenvalue weighted by Crippen LogP contribution is -2.20. The number of unbranched alkanes of at least 4 members (excludes halogenated alkanes) is 1. The third-order valence-corrected chi connectivity index (χ3v) is 4.82. The highest BCUT2D eigenvalue weighted by Crippen LogP contribution is 2.26. The number of likely N-dealkylation sites (N-methyl/N-ethyl adjacent to an activating group) is 1. The summed E-state index contributed by atoms with van der Waals surface area (Å²) in [5, 5.41) is 10.3. The molecule has 0 saturated heterocycles. The summed E-state index contributed by atoms with van der Waals surface area (Å²) in [7, 11) is 3.85. The third-order valence-electron chi connectivity index (χ3n) is 4.82. The Morgan fingerprint density at radius 2 is 1.84 bits per heavy atom. The number of nitrogens with two attached hydrogens (primary N) is 1. The molecule has 3 aromatic rings. The van der Waals surface area contributed by atoms with E-state index in [2.05, 4.69) is 21.9 Å². The molecular weight excluding hydrogens is 412 g/mol. The number of hydrogen-bond donors (Lipinski definition) is 2. The molecule has 0 atom stereocenters. The summed E-state index contributed by atoms with van der Waals surface area (Å²) in [6.45, 7) is 3.92. The molecule has 2 heterocycles. The minimum Gasteiger partial charge on any atom is -0.480 e. The van der Waals surface area contributed by atoms with Crippen LogP contribution in [0.1, 0.15) is 30.9 Å². The maximum atomic E-state index is 12.0. The number of benzene rings is 1. The number of imidazole rings is 1. The number of fused-ring (bicyclic) bond motifs is 1. The molecule has 2 aromatic heterocycles. The molecule has 172 valence electrons. The molecule has 3 rings (SSSR count). The molecule has 0 unspecified atom stereocenters. The molecule has 0 aliphatic heterocycles. The fraction of sp³-hybridized carbons (Fsp3) is 0.455. The number of nitrogens with zero attached hydrogens (tertiary/aromatic N) is 5. The summed E-state index contributed by atoms with van der Waals surface area (Å²) in [6.07, 6.45) is 2.07. The number of hydrogen-bond acceptors (Lipinski definition) is 9. The van der Waals surface area contributed by atoms with Crippen molar-refractivity contribution in [2.45, 2.75) is 32.7 Å². The van der Waals surface area contributed by atoms with Crippen molar-refractivity contribution in [1.82, 2.24) is 24.4 Å². The van der Waals surface area contributed by atoms with E-state index in [1.165, 1.54) is 0 Å². The largest absolute Gasteiger partial charge is 0.480 e. The SMILES string of the molecule is CCCCOc1nc(N)c2nc(O)n(Cc3ccc(CC(=O)OCCN(C)C)cc3)c2n1. The van der Waals surface area contributed by atoms with Crippen molar-refractivity contribution >= 4 is 23.0 Å². The monoisotopic (exact) mass is 442 g/mol. The van der Waals surface area contributed by atoms with E-state index in [0.29, 0.717) is 37.5 Å². The Morgan fingerprint density at radius 3 is 2.53 bits per heavy atom. The van der Waals surface area contributed by atoms with Crippen molar-refractivity contribution < 1.29 is 19.4 Å². The van der Waals surface area contributed by atoms with Crippen LogP contribution in [0.4, 0.5) is 5.82 Å². The van der Waals surface area contributed by atoms with Crippen LogP contribution in [0.5, 0.6) is 12.0 Å². The molecule has 10 heteroatoms. The number of aromatic nitrogens is 4. The zero-order chi connectivity index (χ0) is 23.1. The molecule has 0 saturated carbocycles. The van der Waals surface area contributed by atoms with E-state index in [9.17, 15) is 9.90 Å². The molecule has 10 nitrogen and oxygen atoms in total. The van der Waals surface area contributed by atoms with Gasteiger partial charge in [-0.15, -0.1) is 0 Å². The van der Waals surface area contributed by atoms with Crippen LogP contribution in [0.25, 0.3) is 11.2 Å². The molecule has 32 heavy (non-hydrogen) atoms. The minimum atomic E-state index is -0.263. The molecule has 1 aromatic carbocycles. The Bertz CT molecular complexity index is 1050. The molecule has 3 N–H and O–H groups in total. The normalized spacial score (nSPS) is 11.2. The van der Waals surface area contributed by atoms with E-state index >= 15 is 0 Å². The van der Waals surface area contributed by atoms with Crippen LogP contribution >= 0.6 is 0 Å². The van der Waals surface area contributed by atoms with E-state index in [1.54, 1.807) is 4.57 Å². The Balaban J connectivity index is 1.70. The van der Waals surface area contributed by atoms with E-state index in [0.717, 1.165) is 24.0 Å². The van der Waals surface area contributed by atoms with Gasteiger partial charge < -0.3 is 25.2 Å². The zero-order valence-corrected chi connectivity index (χ0v) is 18.7. The minimum absolute atomic E-state index is 0.152. The summed E-state index contributed by atoms with van der Waals surface area (Å²) in [4.78, 5) is 26.5. The summed E-state index contributed by atoms with van der Waals surface area (Å²) >= 11 is 0. The number of aromatic hydroxyl groups is 1. The summed E-state index contributed by atoms with van der Waals surface area (Å²) < 4.78 is 12.3. The predicted octanol–water partition coefficient (Wildman–Crippen LogP) is 1.99. The fourth-order valence-corrected chi connectivity index (χ4v) is 3.01. The summed E-state index contributed by atoms with van der Waals surface area (Å²) in [5.74, 6) is -0.112.